The number of carbonyl (C=O) groups excluding carboxylic acids is 1. The Morgan fingerprint density at radius 3 is 2.41 bits per heavy atom. The average Bonchev–Trinajstić information content (AvgIpc) is 2.25. The van der Waals surface area contributed by atoms with Crippen LogP contribution in [0.1, 0.15) is 42.3 Å². The highest BCUT2D eigenvalue weighted by Crippen LogP contribution is 2.12. The van der Waals surface area contributed by atoms with Gasteiger partial charge in [0.2, 0.25) is 0 Å². The summed E-state index contributed by atoms with van der Waals surface area (Å²) >= 11 is 0. The van der Waals surface area contributed by atoms with E-state index in [0.29, 0.717) is 5.92 Å². The summed E-state index contributed by atoms with van der Waals surface area (Å²) in [5, 5.41) is 3.27. The third kappa shape index (κ3) is 3.97. The number of hydrogen-bond donors (Lipinski definition) is 1. The summed E-state index contributed by atoms with van der Waals surface area (Å²) in [4.78, 5) is 12.2. The largest absolute Gasteiger partial charge is 0.307 e. The maximum Gasteiger partial charge on any atom is 0.179 e. The molecule has 1 aromatic rings. The van der Waals surface area contributed by atoms with Crippen molar-refractivity contribution in [1.82, 2.24) is 5.32 Å². The number of hydrogen-bond acceptors (Lipinski definition) is 2. The number of rotatable bonds is 5. The van der Waals surface area contributed by atoms with E-state index in [9.17, 15) is 4.79 Å². The molecule has 0 saturated heterocycles. The lowest BCUT2D eigenvalue weighted by atomic mass is 9.98. The quantitative estimate of drug-likeness (QED) is 0.792. The second-order valence-electron chi connectivity index (χ2n) is 5.21. The maximum absolute atomic E-state index is 12.2. The minimum absolute atomic E-state index is 0.112. The van der Waals surface area contributed by atoms with E-state index in [-0.39, 0.29) is 11.8 Å². The van der Waals surface area contributed by atoms with Gasteiger partial charge in [-0.15, -0.1) is 0 Å². The number of Topliss-reactive ketones (excluding diaryl/α,β-unsaturated/α-hetero) is 1. The van der Waals surface area contributed by atoms with Gasteiger partial charge < -0.3 is 5.32 Å². The van der Waals surface area contributed by atoms with E-state index in [0.717, 1.165) is 17.7 Å². The van der Waals surface area contributed by atoms with Gasteiger partial charge in [0.05, 0.1) is 6.04 Å². The summed E-state index contributed by atoms with van der Waals surface area (Å²) in [6.45, 7) is 11.1. The summed E-state index contributed by atoms with van der Waals surface area (Å²) in [6.07, 6.45) is 0. The van der Waals surface area contributed by atoms with Crippen molar-refractivity contribution in [2.45, 2.75) is 40.7 Å². The number of ketones is 1. The Bertz CT molecular complexity index is 396. The fraction of sp³-hybridized carbons (Fsp3) is 0.533. The molecule has 0 heterocycles. The molecule has 94 valence electrons. The highest BCUT2D eigenvalue weighted by molar-refractivity contribution is 6.01. The van der Waals surface area contributed by atoms with Crippen molar-refractivity contribution in [3.05, 3.63) is 34.9 Å². The zero-order valence-electron chi connectivity index (χ0n) is 11.5. The van der Waals surface area contributed by atoms with Gasteiger partial charge in [0.15, 0.2) is 5.78 Å². The molecule has 1 rings (SSSR count). The summed E-state index contributed by atoms with van der Waals surface area (Å²) in [7, 11) is 0. The van der Waals surface area contributed by atoms with Gasteiger partial charge in [-0.25, -0.2) is 0 Å². The van der Waals surface area contributed by atoms with Crippen LogP contribution in [0, 0.1) is 19.8 Å². The van der Waals surface area contributed by atoms with Crippen molar-refractivity contribution < 1.29 is 4.79 Å². The van der Waals surface area contributed by atoms with Crippen LogP contribution in [0.15, 0.2) is 18.2 Å². The predicted octanol–water partition coefficient (Wildman–Crippen LogP) is 3.12. The van der Waals surface area contributed by atoms with Crippen LogP contribution in [-0.2, 0) is 0 Å². The molecule has 0 amide bonds. The van der Waals surface area contributed by atoms with Crippen LogP contribution in [0.5, 0.6) is 0 Å². The molecule has 0 spiro atoms. The second-order valence-corrected chi connectivity index (χ2v) is 5.21. The normalized spacial score (nSPS) is 12.8. The van der Waals surface area contributed by atoms with Crippen LogP contribution in [0.2, 0.25) is 0 Å². The van der Waals surface area contributed by atoms with Gasteiger partial charge in [0.1, 0.15) is 0 Å². The molecule has 0 bridgehead atoms. The Morgan fingerprint density at radius 1 is 1.24 bits per heavy atom. The fourth-order valence-electron chi connectivity index (χ4n) is 1.83. The molecular weight excluding hydrogens is 210 g/mol. The van der Waals surface area contributed by atoms with Crippen molar-refractivity contribution in [3.8, 4) is 0 Å². The lowest BCUT2D eigenvalue weighted by Gasteiger charge is -2.16. The van der Waals surface area contributed by atoms with E-state index in [1.165, 1.54) is 5.56 Å². The molecule has 17 heavy (non-hydrogen) atoms. The second kappa shape index (κ2) is 5.97. The average molecular weight is 233 g/mol. The van der Waals surface area contributed by atoms with E-state index in [4.69, 9.17) is 0 Å². The van der Waals surface area contributed by atoms with Crippen LogP contribution in [0.3, 0.4) is 0 Å². The van der Waals surface area contributed by atoms with Gasteiger partial charge in [0, 0.05) is 5.56 Å². The SMILES string of the molecule is Cc1ccc(C(=O)C(C)NCC(C)C)c(C)c1. The van der Waals surface area contributed by atoms with Gasteiger partial charge in [-0.2, -0.15) is 0 Å². The molecule has 1 N–H and O–H groups in total. The van der Waals surface area contributed by atoms with E-state index < -0.39 is 0 Å². The summed E-state index contributed by atoms with van der Waals surface area (Å²) in [5.41, 5.74) is 3.09. The molecule has 0 radical (unpaired) electrons. The highest BCUT2D eigenvalue weighted by Gasteiger charge is 2.16. The van der Waals surface area contributed by atoms with E-state index in [1.807, 2.05) is 32.9 Å². The van der Waals surface area contributed by atoms with Crippen molar-refractivity contribution in [2.75, 3.05) is 6.54 Å². The molecule has 0 aliphatic carbocycles. The molecule has 1 atom stereocenters. The van der Waals surface area contributed by atoms with Gasteiger partial charge >= 0.3 is 0 Å². The van der Waals surface area contributed by atoms with Crippen LogP contribution in [-0.4, -0.2) is 18.4 Å². The topological polar surface area (TPSA) is 29.1 Å². The van der Waals surface area contributed by atoms with Crippen LogP contribution in [0.4, 0.5) is 0 Å². The zero-order chi connectivity index (χ0) is 13.0. The number of nitrogens with one attached hydrogen (secondary N) is 1. The van der Waals surface area contributed by atoms with Crippen LogP contribution >= 0.6 is 0 Å². The zero-order valence-corrected chi connectivity index (χ0v) is 11.5. The first-order valence-corrected chi connectivity index (χ1v) is 6.26. The third-order valence-electron chi connectivity index (χ3n) is 2.87. The van der Waals surface area contributed by atoms with Gasteiger partial charge in [-0.3, -0.25) is 4.79 Å². The molecule has 0 aliphatic heterocycles. The molecular formula is C15H23NO. The number of benzene rings is 1. The standard InChI is InChI=1S/C15H23NO/c1-10(2)9-16-13(5)15(17)14-7-6-11(3)8-12(14)4/h6-8,10,13,16H,9H2,1-5H3. The molecule has 0 fully saturated rings. The predicted molar refractivity (Wildman–Crippen MR) is 72.5 cm³/mol. The summed E-state index contributed by atoms with van der Waals surface area (Å²) in [5.74, 6) is 0.743. The Kier molecular flexibility index (Phi) is 4.88. The van der Waals surface area contributed by atoms with Gasteiger partial charge in [0.25, 0.3) is 0 Å². The molecule has 2 nitrogen and oxygen atoms in total. The highest BCUT2D eigenvalue weighted by atomic mass is 16.1. The first-order chi connectivity index (χ1) is 7.91. The molecule has 1 unspecified atom stereocenters. The molecule has 1 aromatic carbocycles. The summed E-state index contributed by atoms with van der Waals surface area (Å²) < 4.78 is 0. The van der Waals surface area contributed by atoms with Gasteiger partial charge in [-0.05, 0) is 38.8 Å². The van der Waals surface area contributed by atoms with Crippen molar-refractivity contribution in [2.24, 2.45) is 5.92 Å². The Balaban J connectivity index is 2.75. The maximum atomic E-state index is 12.2. The molecule has 0 aliphatic rings. The lowest BCUT2D eigenvalue weighted by molar-refractivity contribution is 0.0949. The molecule has 0 saturated carbocycles. The first kappa shape index (κ1) is 13.9. The first-order valence-electron chi connectivity index (χ1n) is 6.26. The fourth-order valence-corrected chi connectivity index (χ4v) is 1.83. The van der Waals surface area contributed by atoms with Crippen LogP contribution in [0.25, 0.3) is 0 Å². The van der Waals surface area contributed by atoms with E-state index >= 15 is 0 Å². The smallest absolute Gasteiger partial charge is 0.179 e. The van der Waals surface area contributed by atoms with Crippen LogP contribution < -0.4 is 5.32 Å². The van der Waals surface area contributed by atoms with E-state index in [1.54, 1.807) is 0 Å². The Morgan fingerprint density at radius 2 is 1.88 bits per heavy atom. The molecule has 0 aromatic heterocycles. The number of carbonyl (C=O) groups is 1. The lowest BCUT2D eigenvalue weighted by Crippen LogP contribution is -2.36. The monoisotopic (exact) mass is 233 g/mol. The Hall–Kier alpha value is -1.15. The minimum Gasteiger partial charge on any atom is -0.307 e. The van der Waals surface area contributed by atoms with Crippen molar-refractivity contribution >= 4 is 5.78 Å². The van der Waals surface area contributed by atoms with Gasteiger partial charge in [-0.1, -0.05) is 37.6 Å². The van der Waals surface area contributed by atoms with Crippen molar-refractivity contribution in [3.63, 3.8) is 0 Å². The minimum atomic E-state index is -0.112. The number of aryl methyl sites for hydroxylation is 2. The van der Waals surface area contributed by atoms with E-state index in [2.05, 4.69) is 25.2 Å². The summed E-state index contributed by atoms with van der Waals surface area (Å²) in [6, 6.07) is 5.87. The third-order valence-corrected chi connectivity index (χ3v) is 2.87. The molecule has 2 heteroatoms. The Labute approximate surface area is 104 Å². The van der Waals surface area contributed by atoms with Crippen molar-refractivity contribution in [1.29, 1.82) is 0 Å².